The zero-order valence-electron chi connectivity index (χ0n) is 16.8. The first-order valence-electron chi connectivity index (χ1n) is 9.64. The minimum Gasteiger partial charge on any atom is -0.459 e. The fourth-order valence-corrected chi connectivity index (χ4v) is 3.50. The van der Waals surface area contributed by atoms with Crippen molar-refractivity contribution in [1.82, 2.24) is 14.5 Å². The Kier molecular flexibility index (Phi) is 4.92. The lowest BCUT2D eigenvalue weighted by Gasteiger charge is -2.23. The van der Waals surface area contributed by atoms with Gasteiger partial charge in [0.05, 0.1) is 23.3 Å². The summed E-state index contributed by atoms with van der Waals surface area (Å²) in [6.45, 7) is 4.14. The summed E-state index contributed by atoms with van der Waals surface area (Å²) in [5.41, 5.74) is 2.34. The summed E-state index contributed by atoms with van der Waals surface area (Å²) in [6.07, 6.45) is 1.73. The quantitative estimate of drug-likeness (QED) is 0.516. The Hall–Kier alpha value is -3.41. The second-order valence-electron chi connectivity index (χ2n) is 7.33. The van der Waals surface area contributed by atoms with E-state index in [1.165, 1.54) is 10.9 Å². The Morgan fingerprint density at radius 2 is 2.00 bits per heavy atom. The molecular weight excluding hydrogens is 366 g/mol. The Labute approximate surface area is 168 Å². The average Bonchev–Trinajstić information content (AvgIpc) is 3.17. The molecule has 6 nitrogen and oxygen atoms in total. The van der Waals surface area contributed by atoms with E-state index in [2.05, 4.69) is 4.98 Å². The summed E-state index contributed by atoms with van der Waals surface area (Å²) < 4.78 is 7.38. The van der Waals surface area contributed by atoms with Gasteiger partial charge in [-0.15, -0.1) is 0 Å². The number of amides is 1. The van der Waals surface area contributed by atoms with Crippen molar-refractivity contribution in [1.29, 1.82) is 0 Å². The van der Waals surface area contributed by atoms with E-state index >= 15 is 0 Å². The van der Waals surface area contributed by atoms with E-state index in [9.17, 15) is 9.59 Å². The van der Waals surface area contributed by atoms with Gasteiger partial charge in [0.2, 0.25) is 5.91 Å². The van der Waals surface area contributed by atoms with Crippen molar-refractivity contribution in [2.24, 2.45) is 0 Å². The molecule has 1 amide bonds. The smallest absolute Gasteiger partial charge is 0.261 e. The van der Waals surface area contributed by atoms with E-state index < -0.39 is 0 Å². The number of carbonyl (C=O) groups excluding carboxylic acids is 1. The molecule has 2 aromatic carbocycles. The van der Waals surface area contributed by atoms with Crippen molar-refractivity contribution < 1.29 is 9.21 Å². The first kappa shape index (κ1) is 18.9. The van der Waals surface area contributed by atoms with E-state index in [1.54, 1.807) is 18.0 Å². The largest absolute Gasteiger partial charge is 0.459 e. The Bertz CT molecular complexity index is 1220. The number of fused-ring (bicyclic) bond motifs is 2. The van der Waals surface area contributed by atoms with Gasteiger partial charge in [-0.1, -0.05) is 30.3 Å². The van der Waals surface area contributed by atoms with Gasteiger partial charge < -0.3 is 9.32 Å². The summed E-state index contributed by atoms with van der Waals surface area (Å²) in [6, 6.07) is 15.1. The number of furan rings is 1. The van der Waals surface area contributed by atoms with Gasteiger partial charge in [0.15, 0.2) is 0 Å². The average molecular weight is 389 g/mol. The van der Waals surface area contributed by atoms with Crippen LogP contribution in [0.2, 0.25) is 0 Å². The first-order chi connectivity index (χ1) is 14.0. The zero-order valence-corrected chi connectivity index (χ0v) is 16.8. The van der Waals surface area contributed by atoms with Crippen LogP contribution in [0.4, 0.5) is 0 Å². The Morgan fingerprint density at radius 3 is 2.79 bits per heavy atom. The number of hydrogen-bond donors (Lipinski definition) is 0. The standard InChI is InChI=1S/C23H23N3O3/c1-15-7-6-9-18-22(15)24-14-26(23(18)28)12-11-21(27)25(3)16(2)20-13-17-8-4-5-10-19(17)29-20/h4-10,13-14,16H,11-12H2,1-3H3/t16-/m1/s1. The molecule has 29 heavy (non-hydrogen) atoms. The second-order valence-corrected chi connectivity index (χ2v) is 7.33. The minimum absolute atomic E-state index is 0.0609. The van der Waals surface area contributed by atoms with Crippen molar-refractivity contribution in [2.75, 3.05) is 7.05 Å². The predicted molar refractivity (Wildman–Crippen MR) is 113 cm³/mol. The molecule has 0 aliphatic rings. The van der Waals surface area contributed by atoms with Crippen LogP contribution in [0, 0.1) is 6.92 Å². The van der Waals surface area contributed by atoms with Gasteiger partial charge in [-0.3, -0.25) is 14.2 Å². The highest BCUT2D eigenvalue weighted by molar-refractivity contribution is 5.81. The molecule has 148 valence electrons. The fourth-order valence-electron chi connectivity index (χ4n) is 3.50. The van der Waals surface area contributed by atoms with Crippen molar-refractivity contribution in [3.05, 3.63) is 76.5 Å². The maximum Gasteiger partial charge on any atom is 0.261 e. The zero-order chi connectivity index (χ0) is 20.5. The summed E-state index contributed by atoms with van der Waals surface area (Å²) in [5, 5.41) is 1.59. The van der Waals surface area contributed by atoms with Gasteiger partial charge in [-0.2, -0.15) is 0 Å². The molecule has 0 fully saturated rings. The summed E-state index contributed by atoms with van der Waals surface area (Å²) in [4.78, 5) is 31.5. The molecule has 0 N–H and O–H groups in total. The first-order valence-corrected chi connectivity index (χ1v) is 9.64. The maximum atomic E-state index is 12.7. The number of nitrogens with zero attached hydrogens (tertiary/aromatic N) is 3. The van der Waals surface area contributed by atoms with Gasteiger partial charge in [0.25, 0.3) is 5.56 Å². The van der Waals surface area contributed by atoms with E-state index in [0.29, 0.717) is 10.9 Å². The fraction of sp³-hybridized carbons (Fsp3) is 0.261. The third kappa shape index (κ3) is 3.53. The number of aryl methyl sites for hydroxylation is 2. The highest BCUT2D eigenvalue weighted by atomic mass is 16.3. The lowest BCUT2D eigenvalue weighted by Crippen LogP contribution is -2.31. The van der Waals surface area contributed by atoms with Crippen LogP contribution in [0.3, 0.4) is 0 Å². The predicted octanol–water partition coefficient (Wildman–Crippen LogP) is 4.06. The molecule has 4 aromatic rings. The lowest BCUT2D eigenvalue weighted by molar-refractivity contribution is -0.132. The molecule has 0 spiro atoms. The van der Waals surface area contributed by atoms with Crippen LogP contribution in [-0.4, -0.2) is 27.4 Å². The highest BCUT2D eigenvalue weighted by Gasteiger charge is 2.21. The lowest BCUT2D eigenvalue weighted by atomic mass is 10.1. The third-order valence-corrected chi connectivity index (χ3v) is 5.45. The molecule has 4 rings (SSSR count). The monoisotopic (exact) mass is 389 g/mol. The van der Waals surface area contributed by atoms with E-state index in [4.69, 9.17) is 4.42 Å². The number of rotatable bonds is 5. The van der Waals surface area contributed by atoms with E-state index in [-0.39, 0.29) is 30.5 Å². The van der Waals surface area contributed by atoms with Gasteiger partial charge in [-0.25, -0.2) is 4.98 Å². The van der Waals surface area contributed by atoms with Crippen molar-refractivity contribution in [3.8, 4) is 0 Å². The number of hydrogen-bond acceptors (Lipinski definition) is 4. The molecule has 2 heterocycles. The molecule has 0 unspecified atom stereocenters. The van der Waals surface area contributed by atoms with E-state index in [0.717, 1.165) is 22.3 Å². The molecule has 0 radical (unpaired) electrons. The second kappa shape index (κ2) is 7.54. The van der Waals surface area contributed by atoms with Crippen LogP contribution in [0.15, 0.2) is 64.1 Å². The molecule has 2 aromatic heterocycles. The van der Waals surface area contributed by atoms with Gasteiger partial charge >= 0.3 is 0 Å². The van der Waals surface area contributed by atoms with Crippen LogP contribution < -0.4 is 5.56 Å². The topological polar surface area (TPSA) is 68.3 Å². The summed E-state index contributed by atoms with van der Waals surface area (Å²) >= 11 is 0. The van der Waals surface area contributed by atoms with Gasteiger partial charge in [0, 0.05) is 25.4 Å². The third-order valence-electron chi connectivity index (χ3n) is 5.45. The molecule has 0 bridgehead atoms. The molecule has 0 aliphatic heterocycles. The van der Waals surface area contributed by atoms with E-state index in [1.807, 2.05) is 56.3 Å². The SMILES string of the molecule is Cc1cccc2c(=O)n(CCC(=O)N(C)[C@H](C)c3cc4ccccc4o3)cnc12. The minimum atomic E-state index is -0.205. The molecule has 0 saturated carbocycles. The molecule has 0 aliphatic carbocycles. The molecular formula is C23H23N3O3. The van der Waals surface area contributed by atoms with Gasteiger partial charge in [-0.05, 0) is 37.6 Å². The van der Waals surface area contributed by atoms with Crippen molar-refractivity contribution in [2.45, 2.75) is 32.9 Å². The normalized spacial score (nSPS) is 12.4. The number of para-hydroxylation sites is 2. The maximum absolute atomic E-state index is 12.7. The van der Waals surface area contributed by atoms with Gasteiger partial charge in [0.1, 0.15) is 11.3 Å². The summed E-state index contributed by atoms with van der Waals surface area (Å²) in [7, 11) is 1.75. The Balaban J connectivity index is 1.48. The van der Waals surface area contributed by atoms with Crippen molar-refractivity contribution in [3.63, 3.8) is 0 Å². The number of aromatic nitrogens is 2. The van der Waals surface area contributed by atoms with Crippen LogP contribution in [0.5, 0.6) is 0 Å². The molecule has 6 heteroatoms. The number of carbonyl (C=O) groups is 1. The van der Waals surface area contributed by atoms with Crippen molar-refractivity contribution >= 4 is 27.8 Å². The molecule has 1 atom stereocenters. The van der Waals surface area contributed by atoms with Crippen LogP contribution >= 0.6 is 0 Å². The number of benzene rings is 2. The summed E-state index contributed by atoms with van der Waals surface area (Å²) in [5.74, 6) is 0.677. The molecule has 0 saturated heterocycles. The Morgan fingerprint density at radius 1 is 1.21 bits per heavy atom. The van der Waals surface area contributed by atoms with Crippen LogP contribution in [0.1, 0.15) is 30.7 Å². The van der Waals surface area contributed by atoms with Crippen LogP contribution in [-0.2, 0) is 11.3 Å². The highest BCUT2D eigenvalue weighted by Crippen LogP contribution is 2.27. The van der Waals surface area contributed by atoms with Crippen LogP contribution in [0.25, 0.3) is 21.9 Å².